The van der Waals surface area contributed by atoms with Gasteiger partial charge >= 0.3 is 0 Å². The predicted molar refractivity (Wildman–Crippen MR) is 117 cm³/mol. The first-order valence-corrected chi connectivity index (χ1v) is 11.5. The lowest BCUT2D eigenvalue weighted by Gasteiger charge is -2.37. The highest BCUT2D eigenvalue weighted by Gasteiger charge is 2.23. The number of amides is 1. The van der Waals surface area contributed by atoms with Crippen molar-refractivity contribution in [2.75, 3.05) is 65.2 Å². The molecule has 3 rings (SSSR count). The number of thioether (sulfide) groups is 1. The fourth-order valence-electron chi connectivity index (χ4n) is 3.75. The van der Waals surface area contributed by atoms with E-state index < -0.39 is 0 Å². The van der Waals surface area contributed by atoms with Crippen LogP contribution in [0.3, 0.4) is 0 Å². The smallest absolute Gasteiger partial charge is 0.236 e. The molecule has 1 aromatic rings. The molecule has 0 atom stereocenters. The lowest BCUT2D eigenvalue weighted by atomic mass is 10.1. The van der Waals surface area contributed by atoms with Gasteiger partial charge in [-0.2, -0.15) is 0 Å². The topological polar surface area (TPSA) is 51.2 Å². The molecule has 0 aliphatic carbocycles. The second-order valence-corrected chi connectivity index (χ2v) is 8.65. The van der Waals surface area contributed by atoms with E-state index >= 15 is 0 Å². The van der Waals surface area contributed by atoms with E-state index in [1.165, 1.54) is 18.6 Å². The molecule has 6 nitrogen and oxygen atoms in total. The first-order chi connectivity index (χ1) is 14.2. The summed E-state index contributed by atoms with van der Waals surface area (Å²) in [5.74, 6) is 1.87. The van der Waals surface area contributed by atoms with Gasteiger partial charge in [0.25, 0.3) is 0 Å². The molecule has 2 fully saturated rings. The minimum absolute atomic E-state index is 0.204. The number of likely N-dealkylation sites (tertiary alicyclic amines) is 1. The third-order valence-electron chi connectivity index (χ3n) is 5.42. The van der Waals surface area contributed by atoms with Gasteiger partial charge in [-0.3, -0.25) is 14.7 Å². The Bertz CT molecular complexity index is 670. The van der Waals surface area contributed by atoms with Gasteiger partial charge in [0.2, 0.25) is 5.91 Å². The number of carbonyl (C=O) groups excluding carboxylic acids is 1. The number of piperidine rings is 1. The number of benzene rings is 1. The van der Waals surface area contributed by atoms with Crippen LogP contribution in [0.25, 0.3) is 0 Å². The molecule has 0 spiro atoms. The molecule has 0 unspecified atom stereocenters. The van der Waals surface area contributed by atoms with Gasteiger partial charge in [-0.25, -0.2) is 4.39 Å². The van der Waals surface area contributed by atoms with Crippen LogP contribution in [0.15, 0.2) is 34.2 Å². The predicted octanol–water partition coefficient (Wildman–Crippen LogP) is 2.12. The van der Waals surface area contributed by atoms with Gasteiger partial charge < -0.3 is 15.1 Å². The summed E-state index contributed by atoms with van der Waals surface area (Å²) in [6.07, 6.45) is 3.53. The van der Waals surface area contributed by atoms with Gasteiger partial charge in [-0.05, 0) is 43.5 Å². The maximum absolute atomic E-state index is 13.0. The number of carbonyl (C=O) groups is 1. The number of guanidine groups is 1. The number of hydrogen-bond acceptors (Lipinski definition) is 4. The quantitative estimate of drug-likeness (QED) is 0.330. The number of piperazine rings is 1. The lowest BCUT2D eigenvalue weighted by Crippen LogP contribution is -2.54. The summed E-state index contributed by atoms with van der Waals surface area (Å²) in [5, 5.41) is 3.42. The lowest BCUT2D eigenvalue weighted by molar-refractivity contribution is -0.133. The minimum atomic E-state index is -0.204. The van der Waals surface area contributed by atoms with Crippen molar-refractivity contribution in [3.63, 3.8) is 0 Å². The summed E-state index contributed by atoms with van der Waals surface area (Å²) in [6.45, 7) is 6.68. The molecule has 2 aliphatic rings. The van der Waals surface area contributed by atoms with E-state index in [0.717, 1.165) is 75.3 Å². The van der Waals surface area contributed by atoms with Gasteiger partial charge in [0.15, 0.2) is 5.96 Å². The molecule has 8 heteroatoms. The van der Waals surface area contributed by atoms with E-state index in [0.29, 0.717) is 6.54 Å². The van der Waals surface area contributed by atoms with Crippen LogP contribution in [0, 0.1) is 5.82 Å². The second kappa shape index (κ2) is 11.4. The molecule has 1 amide bonds. The molecule has 0 bridgehead atoms. The van der Waals surface area contributed by atoms with E-state index in [9.17, 15) is 9.18 Å². The largest absolute Gasteiger partial charge is 0.355 e. The highest BCUT2D eigenvalue weighted by Crippen LogP contribution is 2.17. The third kappa shape index (κ3) is 6.89. The van der Waals surface area contributed by atoms with E-state index in [4.69, 9.17) is 0 Å². The zero-order valence-electron chi connectivity index (χ0n) is 17.3. The Morgan fingerprint density at radius 2 is 1.72 bits per heavy atom. The fourth-order valence-corrected chi connectivity index (χ4v) is 4.52. The first-order valence-electron chi connectivity index (χ1n) is 10.5. The molecular formula is C21H32FN5OS. The van der Waals surface area contributed by atoms with Crippen molar-refractivity contribution in [2.24, 2.45) is 4.99 Å². The standard InChI is InChI=1S/C21H32FN5OS/c1-23-21(24-9-16-29-19-7-5-18(22)6-8-19)27-14-12-25(13-15-27)17-20(28)26-10-3-2-4-11-26/h5-8H,2-4,9-17H2,1H3,(H,23,24). The Morgan fingerprint density at radius 3 is 2.38 bits per heavy atom. The Morgan fingerprint density at radius 1 is 1.03 bits per heavy atom. The van der Waals surface area contributed by atoms with Crippen molar-refractivity contribution in [1.82, 2.24) is 20.0 Å². The van der Waals surface area contributed by atoms with Crippen LogP contribution in [-0.4, -0.2) is 91.7 Å². The van der Waals surface area contributed by atoms with Crippen LogP contribution >= 0.6 is 11.8 Å². The molecule has 160 valence electrons. The zero-order valence-corrected chi connectivity index (χ0v) is 18.1. The summed E-state index contributed by atoms with van der Waals surface area (Å²) < 4.78 is 13.0. The van der Waals surface area contributed by atoms with Crippen molar-refractivity contribution in [3.05, 3.63) is 30.1 Å². The monoisotopic (exact) mass is 421 g/mol. The van der Waals surface area contributed by atoms with Crippen LogP contribution in [-0.2, 0) is 4.79 Å². The molecule has 2 heterocycles. The van der Waals surface area contributed by atoms with Gasteiger partial charge in [-0.1, -0.05) is 0 Å². The maximum atomic E-state index is 13.0. The molecular weight excluding hydrogens is 389 g/mol. The number of nitrogens with zero attached hydrogens (tertiary/aromatic N) is 4. The van der Waals surface area contributed by atoms with Crippen LogP contribution in [0.5, 0.6) is 0 Å². The SMILES string of the molecule is CN=C(NCCSc1ccc(F)cc1)N1CCN(CC(=O)N2CCCCC2)CC1. The highest BCUT2D eigenvalue weighted by atomic mass is 32.2. The Balaban J connectivity index is 1.34. The van der Waals surface area contributed by atoms with E-state index in [-0.39, 0.29) is 11.7 Å². The normalized spacial score (nSPS) is 18.8. The van der Waals surface area contributed by atoms with Gasteiger partial charge in [0.05, 0.1) is 6.54 Å². The number of aliphatic imine (C=N–C) groups is 1. The molecule has 1 aromatic carbocycles. The fraction of sp³-hybridized carbons (Fsp3) is 0.619. The summed E-state index contributed by atoms with van der Waals surface area (Å²) in [6, 6.07) is 6.59. The zero-order chi connectivity index (χ0) is 20.5. The Kier molecular flexibility index (Phi) is 8.61. The van der Waals surface area contributed by atoms with E-state index in [2.05, 4.69) is 20.1 Å². The van der Waals surface area contributed by atoms with Crippen LogP contribution in [0.1, 0.15) is 19.3 Å². The van der Waals surface area contributed by atoms with Crippen molar-refractivity contribution < 1.29 is 9.18 Å². The molecule has 29 heavy (non-hydrogen) atoms. The third-order valence-corrected chi connectivity index (χ3v) is 6.43. The Hall–Kier alpha value is -1.80. The molecule has 0 aromatic heterocycles. The highest BCUT2D eigenvalue weighted by molar-refractivity contribution is 7.99. The summed E-state index contributed by atoms with van der Waals surface area (Å²) in [4.78, 5) is 24.5. The van der Waals surface area contributed by atoms with Crippen LogP contribution in [0.4, 0.5) is 4.39 Å². The molecule has 0 radical (unpaired) electrons. The molecule has 1 N–H and O–H groups in total. The van der Waals surface area contributed by atoms with E-state index in [1.807, 2.05) is 11.9 Å². The van der Waals surface area contributed by atoms with Crippen molar-refractivity contribution >= 4 is 23.6 Å². The number of rotatable bonds is 6. The average Bonchev–Trinajstić information content (AvgIpc) is 2.76. The van der Waals surface area contributed by atoms with E-state index in [1.54, 1.807) is 23.9 Å². The van der Waals surface area contributed by atoms with Crippen molar-refractivity contribution in [2.45, 2.75) is 24.2 Å². The van der Waals surface area contributed by atoms with Crippen molar-refractivity contribution in [1.29, 1.82) is 0 Å². The number of halogens is 1. The molecule has 2 saturated heterocycles. The first kappa shape index (κ1) is 21.9. The average molecular weight is 422 g/mol. The van der Waals surface area contributed by atoms with Crippen molar-refractivity contribution in [3.8, 4) is 0 Å². The van der Waals surface area contributed by atoms with Gasteiger partial charge in [0, 0.05) is 63.5 Å². The Labute approximate surface area is 177 Å². The van der Waals surface area contributed by atoms with Gasteiger partial charge in [-0.15, -0.1) is 11.8 Å². The maximum Gasteiger partial charge on any atom is 0.236 e. The second-order valence-electron chi connectivity index (χ2n) is 7.48. The summed E-state index contributed by atoms with van der Waals surface area (Å²) in [7, 11) is 1.81. The molecule has 0 saturated carbocycles. The summed E-state index contributed by atoms with van der Waals surface area (Å²) in [5.41, 5.74) is 0. The van der Waals surface area contributed by atoms with Crippen LogP contribution in [0.2, 0.25) is 0 Å². The van der Waals surface area contributed by atoms with Crippen LogP contribution < -0.4 is 5.32 Å². The number of nitrogens with one attached hydrogen (secondary N) is 1. The van der Waals surface area contributed by atoms with Gasteiger partial charge in [0.1, 0.15) is 5.82 Å². The molecule has 2 aliphatic heterocycles. The number of hydrogen-bond donors (Lipinski definition) is 1. The minimum Gasteiger partial charge on any atom is -0.355 e. The summed E-state index contributed by atoms with van der Waals surface area (Å²) >= 11 is 1.70.